The van der Waals surface area contributed by atoms with Gasteiger partial charge in [0.1, 0.15) is 0 Å². The van der Waals surface area contributed by atoms with Crippen LogP contribution in [0.2, 0.25) is 0 Å². The first-order valence-electron chi connectivity index (χ1n) is 8.35. The zero-order valence-corrected chi connectivity index (χ0v) is 14.0. The van der Waals surface area contributed by atoms with E-state index in [-0.39, 0.29) is 5.91 Å². The van der Waals surface area contributed by atoms with Crippen LogP contribution in [-0.2, 0) is 4.74 Å². The Morgan fingerprint density at radius 2 is 1.92 bits per heavy atom. The molecule has 5 heteroatoms. The lowest BCUT2D eigenvalue weighted by atomic mass is 10.1. The number of hydrogen-bond acceptors (Lipinski definition) is 4. The Kier molecular flexibility index (Phi) is 5.56. The summed E-state index contributed by atoms with van der Waals surface area (Å²) in [5.74, 6) is -0.0622. The number of aromatic nitrogens is 1. The van der Waals surface area contributed by atoms with E-state index < -0.39 is 0 Å². The number of carbonyl (C=O) groups excluding carboxylic acids is 1. The molecular weight excluding hydrogens is 302 g/mol. The SMILES string of the molecule is Cc1nc(-c2ccccc2)ccc1C(=O)NCCN1CCOCC1. The fraction of sp³-hybridized carbons (Fsp3) is 0.368. The van der Waals surface area contributed by atoms with Gasteiger partial charge in [-0.25, -0.2) is 0 Å². The molecule has 1 aromatic heterocycles. The van der Waals surface area contributed by atoms with E-state index in [1.165, 1.54) is 0 Å². The Bertz CT molecular complexity index is 682. The minimum atomic E-state index is -0.0622. The molecule has 0 bridgehead atoms. The lowest BCUT2D eigenvalue weighted by molar-refractivity contribution is 0.0383. The summed E-state index contributed by atoms with van der Waals surface area (Å²) in [7, 11) is 0. The van der Waals surface area contributed by atoms with E-state index >= 15 is 0 Å². The molecule has 1 aromatic carbocycles. The Labute approximate surface area is 142 Å². The number of aryl methyl sites for hydroxylation is 1. The predicted molar refractivity (Wildman–Crippen MR) is 94.0 cm³/mol. The highest BCUT2D eigenvalue weighted by atomic mass is 16.5. The van der Waals surface area contributed by atoms with Gasteiger partial charge in [0, 0.05) is 31.7 Å². The van der Waals surface area contributed by atoms with Crippen molar-refractivity contribution in [2.45, 2.75) is 6.92 Å². The predicted octanol–water partition coefficient (Wildman–Crippen LogP) is 2.12. The lowest BCUT2D eigenvalue weighted by Crippen LogP contribution is -2.41. The van der Waals surface area contributed by atoms with Crippen LogP contribution in [0.5, 0.6) is 0 Å². The molecule has 0 aliphatic carbocycles. The van der Waals surface area contributed by atoms with Gasteiger partial charge >= 0.3 is 0 Å². The molecule has 0 saturated carbocycles. The summed E-state index contributed by atoms with van der Waals surface area (Å²) in [6.45, 7) is 6.78. The molecule has 0 radical (unpaired) electrons. The summed E-state index contributed by atoms with van der Waals surface area (Å²) < 4.78 is 5.32. The van der Waals surface area contributed by atoms with E-state index in [9.17, 15) is 4.79 Å². The molecule has 2 aromatic rings. The van der Waals surface area contributed by atoms with Crippen molar-refractivity contribution in [2.24, 2.45) is 0 Å². The van der Waals surface area contributed by atoms with Crippen LogP contribution in [0.3, 0.4) is 0 Å². The Hall–Kier alpha value is -2.24. The monoisotopic (exact) mass is 325 g/mol. The molecule has 0 unspecified atom stereocenters. The maximum Gasteiger partial charge on any atom is 0.253 e. The molecule has 1 amide bonds. The summed E-state index contributed by atoms with van der Waals surface area (Å²) in [6, 6.07) is 13.7. The molecule has 1 aliphatic heterocycles. The average Bonchev–Trinajstić information content (AvgIpc) is 2.63. The number of benzene rings is 1. The van der Waals surface area contributed by atoms with E-state index in [0.29, 0.717) is 12.1 Å². The highest BCUT2D eigenvalue weighted by Gasteiger charge is 2.13. The van der Waals surface area contributed by atoms with Gasteiger partial charge in [-0.05, 0) is 19.1 Å². The summed E-state index contributed by atoms with van der Waals surface area (Å²) in [6.07, 6.45) is 0. The van der Waals surface area contributed by atoms with Gasteiger partial charge in [0.25, 0.3) is 5.91 Å². The maximum atomic E-state index is 12.4. The van der Waals surface area contributed by atoms with Crippen LogP contribution >= 0.6 is 0 Å². The van der Waals surface area contributed by atoms with Crippen molar-refractivity contribution in [1.29, 1.82) is 0 Å². The van der Waals surface area contributed by atoms with E-state index in [4.69, 9.17) is 4.74 Å². The Morgan fingerprint density at radius 1 is 1.17 bits per heavy atom. The van der Waals surface area contributed by atoms with Crippen LogP contribution in [0.15, 0.2) is 42.5 Å². The van der Waals surface area contributed by atoms with Crippen molar-refractivity contribution in [3.05, 3.63) is 53.7 Å². The van der Waals surface area contributed by atoms with Gasteiger partial charge < -0.3 is 10.1 Å². The van der Waals surface area contributed by atoms with Crippen LogP contribution in [0, 0.1) is 6.92 Å². The normalized spacial score (nSPS) is 15.2. The number of carbonyl (C=O) groups is 1. The lowest BCUT2D eigenvalue weighted by Gasteiger charge is -2.26. The maximum absolute atomic E-state index is 12.4. The summed E-state index contributed by atoms with van der Waals surface area (Å²) in [5.41, 5.74) is 3.33. The quantitative estimate of drug-likeness (QED) is 0.915. The third kappa shape index (κ3) is 4.19. The van der Waals surface area contributed by atoms with Crippen LogP contribution < -0.4 is 5.32 Å². The van der Waals surface area contributed by atoms with Crippen molar-refractivity contribution in [3.63, 3.8) is 0 Å². The molecular formula is C19H23N3O2. The fourth-order valence-electron chi connectivity index (χ4n) is 2.82. The van der Waals surface area contributed by atoms with Crippen molar-refractivity contribution >= 4 is 5.91 Å². The molecule has 126 valence electrons. The smallest absolute Gasteiger partial charge is 0.253 e. The number of ether oxygens (including phenoxy) is 1. The first-order chi connectivity index (χ1) is 11.7. The van der Waals surface area contributed by atoms with Crippen LogP contribution in [0.25, 0.3) is 11.3 Å². The second-order valence-corrected chi connectivity index (χ2v) is 5.91. The van der Waals surface area contributed by atoms with Crippen molar-refractivity contribution < 1.29 is 9.53 Å². The molecule has 2 heterocycles. The third-order valence-corrected chi connectivity index (χ3v) is 4.22. The van der Waals surface area contributed by atoms with E-state index in [1.807, 2.05) is 49.4 Å². The number of nitrogens with one attached hydrogen (secondary N) is 1. The topological polar surface area (TPSA) is 54.5 Å². The molecule has 1 fully saturated rings. The molecule has 0 atom stereocenters. The van der Waals surface area contributed by atoms with Gasteiger partial charge in [-0.3, -0.25) is 14.7 Å². The zero-order valence-electron chi connectivity index (χ0n) is 14.0. The van der Waals surface area contributed by atoms with Gasteiger partial charge in [-0.2, -0.15) is 0 Å². The van der Waals surface area contributed by atoms with Crippen molar-refractivity contribution in [2.75, 3.05) is 39.4 Å². The molecule has 1 N–H and O–H groups in total. The van der Waals surface area contributed by atoms with Gasteiger partial charge in [-0.1, -0.05) is 30.3 Å². The fourth-order valence-corrected chi connectivity index (χ4v) is 2.82. The number of rotatable bonds is 5. The van der Waals surface area contributed by atoms with Crippen LogP contribution in [0.1, 0.15) is 16.1 Å². The van der Waals surface area contributed by atoms with E-state index in [1.54, 1.807) is 0 Å². The van der Waals surface area contributed by atoms with E-state index in [2.05, 4.69) is 15.2 Å². The highest BCUT2D eigenvalue weighted by Crippen LogP contribution is 2.18. The summed E-state index contributed by atoms with van der Waals surface area (Å²) in [5, 5.41) is 2.98. The standard InChI is InChI=1S/C19H23N3O2/c1-15-17(7-8-18(21-15)16-5-3-2-4-6-16)19(23)20-9-10-22-11-13-24-14-12-22/h2-8H,9-14H2,1H3,(H,20,23). The highest BCUT2D eigenvalue weighted by molar-refractivity contribution is 5.95. The number of amides is 1. The molecule has 5 nitrogen and oxygen atoms in total. The molecule has 1 saturated heterocycles. The van der Waals surface area contributed by atoms with Crippen LogP contribution in [-0.4, -0.2) is 55.2 Å². The largest absolute Gasteiger partial charge is 0.379 e. The van der Waals surface area contributed by atoms with Crippen molar-refractivity contribution in [1.82, 2.24) is 15.2 Å². The van der Waals surface area contributed by atoms with Gasteiger partial charge in [0.2, 0.25) is 0 Å². The van der Waals surface area contributed by atoms with Crippen molar-refractivity contribution in [3.8, 4) is 11.3 Å². The minimum absolute atomic E-state index is 0.0622. The number of nitrogens with zero attached hydrogens (tertiary/aromatic N) is 2. The molecule has 1 aliphatic rings. The van der Waals surface area contributed by atoms with Gasteiger partial charge in [-0.15, -0.1) is 0 Å². The number of pyridine rings is 1. The molecule has 3 rings (SSSR count). The molecule has 24 heavy (non-hydrogen) atoms. The zero-order chi connectivity index (χ0) is 16.8. The number of morpholine rings is 1. The summed E-state index contributed by atoms with van der Waals surface area (Å²) >= 11 is 0. The van der Waals surface area contributed by atoms with Gasteiger partial charge in [0.05, 0.1) is 30.2 Å². The third-order valence-electron chi connectivity index (χ3n) is 4.22. The second-order valence-electron chi connectivity index (χ2n) is 5.91. The number of hydrogen-bond donors (Lipinski definition) is 1. The Morgan fingerprint density at radius 3 is 2.62 bits per heavy atom. The molecule has 0 spiro atoms. The summed E-state index contributed by atoms with van der Waals surface area (Å²) in [4.78, 5) is 19.2. The minimum Gasteiger partial charge on any atom is -0.379 e. The average molecular weight is 325 g/mol. The van der Waals surface area contributed by atoms with Gasteiger partial charge in [0.15, 0.2) is 0 Å². The first kappa shape index (κ1) is 16.6. The second kappa shape index (κ2) is 8.04. The Balaban J connectivity index is 1.58. The van der Waals surface area contributed by atoms with E-state index in [0.717, 1.165) is 49.8 Å². The first-order valence-corrected chi connectivity index (χ1v) is 8.35. The van der Waals surface area contributed by atoms with Crippen LogP contribution in [0.4, 0.5) is 0 Å².